The van der Waals surface area contributed by atoms with Gasteiger partial charge in [-0.15, -0.1) is 0 Å². The molecule has 0 amide bonds. The van der Waals surface area contributed by atoms with E-state index in [2.05, 4.69) is 42.7 Å². The van der Waals surface area contributed by atoms with Gasteiger partial charge in [0.25, 0.3) is 0 Å². The van der Waals surface area contributed by atoms with Gasteiger partial charge in [-0.2, -0.15) is 0 Å². The highest BCUT2D eigenvalue weighted by atomic mass is 31.2. The summed E-state index contributed by atoms with van der Waals surface area (Å²) in [6, 6.07) is 0. The second-order valence-corrected chi connectivity index (χ2v) is 15.1. The van der Waals surface area contributed by atoms with Gasteiger partial charge in [-0.25, -0.2) is 4.57 Å². The molecule has 0 aromatic rings. The van der Waals surface area contributed by atoms with Crippen LogP contribution in [0, 0.1) is 0 Å². The molecule has 1 unspecified atom stereocenters. The van der Waals surface area contributed by atoms with Crippen LogP contribution in [-0.2, 0) is 32.7 Å². The Hall–Kier alpha value is -1.55. The lowest BCUT2D eigenvalue weighted by Crippen LogP contribution is -2.29. The number of aliphatic hydroxyl groups is 2. The van der Waals surface area contributed by atoms with Crippen LogP contribution in [0.4, 0.5) is 0 Å². The first-order valence-electron chi connectivity index (χ1n) is 20.3. The van der Waals surface area contributed by atoms with Crippen molar-refractivity contribution in [3.63, 3.8) is 0 Å². The van der Waals surface area contributed by atoms with Crippen LogP contribution in [0.3, 0.4) is 0 Å². The van der Waals surface area contributed by atoms with Gasteiger partial charge in [-0.1, -0.05) is 147 Å². The van der Waals surface area contributed by atoms with E-state index in [0.29, 0.717) is 12.8 Å². The molecule has 0 aliphatic carbocycles. The van der Waals surface area contributed by atoms with Crippen LogP contribution >= 0.6 is 7.82 Å². The third-order valence-electron chi connectivity index (χ3n) is 8.61. The molecule has 0 aromatic carbocycles. The molecule has 0 spiro atoms. The molecule has 0 saturated carbocycles. The quantitative estimate of drug-likeness (QED) is 0.0241. The van der Waals surface area contributed by atoms with Gasteiger partial charge >= 0.3 is 19.8 Å². The summed E-state index contributed by atoms with van der Waals surface area (Å²) in [5, 5.41) is 18.3. The highest BCUT2D eigenvalue weighted by Crippen LogP contribution is 2.43. The number of unbranched alkanes of at least 4 members (excludes halogenated alkanes) is 20. The molecule has 3 atom stereocenters. The van der Waals surface area contributed by atoms with Gasteiger partial charge in [-0.3, -0.25) is 18.6 Å². The molecule has 0 saturated heterocycles. The lowest BCUT2D eigenvalue weighted by atomic mass is 10.1. The van der Waals surface area contributed by atoms with Gasteiger partial charge in [-0.05, 0) is 44.9 Å². The standard InChI is InChI=1S/C40H75O10P/c1-3-5-7-9-11-13-14-15-16-17-18-19-20-21-22-24-26-28-30-32-40(44)50-38(36-49-51(45,46)48-34-37(42)33-41)35-47-39(43)31-29-27-25-23-12-10-8-6-4-2/h11,13,15-16,37-38,41-42H,3-10,12,14,17-36H2,1-2H3,(H,45,46)/b13-11+,16-15+/t37-,38+/m0/s1. The topological polar surface area (TPSA) is 149 Å². The Morgan fingerprint density at radius 1 is 0.588 bits per heavy atom. The van der Waals surface area contributed by atoms with E-state index < -0.39 is 51.8 Å². The van der Waals surface area contributed by atoms with E-state index in [-0.39, 0.29) is 19.4 Å². The predicted molar refractivity (Wildman–Crippen MR) is 205 cm³/mol. The van der Waals surface area contributed by atoms with Crippen LogP contribution in [0.5, 0.6) is 0 Å². The van der Waals surface area contributed by atoms with Gasteiger partial charge in [0.15, 0.2) is 6.10 Å². The fraction of sp³-hybridized carbons (Fsp3) is 0.850. The lowest BCUT2D eigenvalue weighted by Gasteiger charge is -2.20. The average Bonchev–Trinajstić information content (AvgIpc) is 3.12. The Kier molecular flexibility index (Phi) is 35.7. The second-order valence-electron chi connectivity index (χ2n) is 13.7. The molecule has 0 radical (unpaired) electrons. The normalized spacial score (nSPS) is 14.2. The Morgan fingerprint density at radius 2 is 1.02 bits per heavy atom. The summed E-state index contributed by atoms with van der Waals surface area (Å²) >= 11 is 0. The summed E-state index contributed by atoms with van der Waals surface area (Å²) in [5.74, 6) is -0.929. The molecule has 0 aromatic heterocycles. The van der Waals surface area contributed by atoms with Crippen LogP contribution in [0.25, 0.3) is 0 Å². The van der Waals surface area contributed by atoms with Crippen molar-refractivity contribution in [2.24, 2.45) is 0 Å². The Morgan fingerprint density at radius 3 is 1.55 bits per heavy atom. The van der Waals surface area contributed by atoms with E-state index in [1.807, 2.05) is 0 Å². The van der Waals surface area contributed by atoms with Gasteiger partial charge in [0.1, 0.15) is 12.7 Å². The highest BCUT2D eigenvalue weighted by molar-refractivity contribution is 7.47. The maximum atomic E-state index is 12.6. The maximum Gasteiger partial charge on any atom is 0.472 e. The number of hydrogen-bond acceptors (Lipinski definition) is 9. The zero-order valence-electron chi connectivity index (χ0n) is 32.3. The van der Waals surface area contributed by atoms with Crippen molar-refractivity contribution >= 4 is 19.8 Å². The molecule has 0 bridgehead atoms. The molecule has 0 rings (SSSR count). The van der Waals surface area contributed by atoms with E-state index in [0.717, 1.165) is 51.4 Å². The summed E-state index contributed by atoms with van der Waals surface area (Å²) in [5.41, 5.74) is 0. The molecule has 0 aliphatic heterocycles. The fourth-order valence-electron chi connectivity index (χ4n) is 5.43. The van der Waals surface area contributed by atoms with E-state index in [4.69, 9.17) is 19.1 Å². The van der Waals surface area contributed by atoms with E-state index in [1.54, 1.807) is 0 Å². The van der Waals surface area contributed by atoms with Crippen molar-refractivity contribution in [1.82, 2.24) is 0 Å². The van der Waals surface area contributed by atoms with Crippen molar-refractivity contribution in [1.29, 1.82) is 0 Å². The van der Waals surface area contributed by atoms with E-state index >= 15 is 0 Å². The maximum absolute atomic E-state index is 12.6. The number of carbonyl (C=O) groups excluding carboxylic acids is 2. The molecule has 0 fully saturated rings. The largest absolute Gasteiger partial charge is 0.472 e. The predicted octanol–water partition coefficient (Wildman–Crippen LogP) is 10.2. The zero-order chi connectivity index (χ0) is 37.7. The molecule has 51 heavy (non-hydrogen) atoms. The molecule has 0 aliphatic rings. The first kappa shape index (κ1) is 49.5. The number of phosphoric ester groups is 1. The lowest BCUT2D eigenvalue weighted by molar-refractivity contribution is -0.161. The Balaban J connectivity index is 4.26. The molecular formula is C40H75O10P. The number of ether oxygens (including phenoxy) is 2. The first-order valence-corrected chi connectivity index (χ1v) is 21.8. The van der Waals surface area contributed by atoms with Crippen molar-refractivity contribution in [3.8, 4) is 0 Å². The molecular weight excluding hydrogens is 671 g/mol. The minimum atomic E-state index is -4.61. The highest BCUT2D eigenvalue weighted by Gasteiger charge is 2.27. The van der Waals surface area contributed by atoms with Crippen LogP contribution in [-0.4, -0.2) is 65.7 Å². The number of aliphatic hydroxyl groups excluding tert-OH is 2. The van der Waals surface area contributed by atoms with Gasteiger partial charge < -0.3 is 24.6 Å². The average molecular weight is 747 g/mol. The molecule has 10 nitrogen and oxygen atoms in total. The van der Waals surface area contributed by atoms with Gasteiger partial charge in [0.05, 0.1) is 19.8 Å². The SMILES string of the molecule is CCCCC/C=C/C/C=C/CCCCCCCCCCCC(=O)O[C@H](COC(=O)CCCCCCCCCCC)COP(=O)(O)OC[C@@H](O)CO. The smallest absolute Gasteiger partial charge is 0.462 e. The molecule has 3 N–H and O–H groups in total. The summed E-state index contributed by atoms with van der Waals surface area (Å²) in [6.07, 6.45) is 34.4. The summed E-state index contributed by atoms with van der Waals surface area (Å²) < 4.78 is 32.6. The third kappa shape index (κ3) is 36.6. The number of hydrogen-bond donors (Lipinski definition) is 3. The molecule has 11 heteroatoms. The van der Waals surface area contributed by atoms with E-state index in [9.17, 15) is 24.2 Å². The second kappa shape index (κ2) is 36.8. The molecule has 300 valence electrons. The first-order chi connectivity index (χ1) is 24.7. The van der Waals surface area contributed by atoms with Crippen LogP contribution in [0.2, 0.25) is 0 Å². The van der Waals surface area contributed by atoms with Crippen molar-refractivity contribution < 1.29 is 47.8 Å². The summed E-state index contributed by atoms with van der Waals surface area (Å²) in [4.78, 5) is 34.8. The van der Waals surface area contributed by atoms with Crippen LogP contribution < -0.4 is 0 Å². The Bertz CT molecular complexity index is 910. The van der Waals surface area contributed by atoms with E-state index in [1.165, 1.54) is 89.9 Å². The fourth-order valence-corrected chi connectivity index (χ4v) is 6.22. The number of carbonyl (C=O) groups is 2. The van der Waals surface area contributed by atoms with Crippen LogP contribution in [0.1, 0.15) is 181 Å². The van der Waals surface area contributed by atoms with Crippen molar-refractivity contribution in [2.45, 2.75) is 193 Å². The number of esters is 2. The van der Waals surface area contributed by atoms with Crippen molar-refractivity contribution in [3.05, 3.63) is 24.3 Å². The van der Waals surface area contributed by atoms with Gasteiger partial charge in [0, 0.05) is 12.8 Å². The number of phosphoric acid groups is 1. The summed E-state index contributed by atoms with van der Waals surface area (Å²) in [6.45, 7) is 2.32. The monoisotopic (exact) mass is 747 g/mol. The van der Waals surface area contributed by atoms with Crippen LogP contribution in [0.15, 0.2) is 24.3 Å². The van der Waals surface area contributed by atoms with Gasteiger partial charge in [0.2, 0.25) is 0 Å². The zero-order valence-corrected chi connectivity index (χ0v) is 33.2. The van der Waals surface area contributed by atoms with Crippen molar-refractivity contribution in [2.75, 3.05) is 26.4 Å². The minimum Gasteiger partial charge on any atom is -0.462 e. The Labute approximate surface area is 310 Å². The number of rotatable bonds is 38. The number of allylic oxidation sites excluding steroid dienone is 4. The minimum absolute atomic E-state index is 0.182. The summed E-state index contributed by atoms with van der Waals surface area (Å²) in [7, 11) is -4.61. The molecule has 0 heterocycles. The third-order valence-corrected chi connectivity index (χ3v) is 9.56.